The van der Waals surface area contributed by atoms with Gasteiger partial charge < -0.3 is 15.1 Å². The first-order chi connectivity index (χ1) is 16.4. The number of rotatable bonds is 5. The zero-order chi connectivity index (χ0) is 24.1. The number of hydrogen-bond acceptors (Lipinski definition) is 4. The van der Waals surface area contributed by atoms with E-state index in [1.54, 1.807) is 15.9 Å². The number of benzene rings is 2. The highest BCUT2D eigenvalue weighted by Gasteiger charge is 2.26. The first-order valence-corrected chi connectivity index (χ1v) is 11.8. The molecule has 0 unspecified atom stereocenters. The molecule has 9 heteroatoms. The van der Waals surface area contributed by atoms with Gasteiger partial charge in [-0.1, -0.05) is 48.0 Å². The number of carbonyl (C=O) groups excluding carboxylic acids is 3. The fourth-order valence-electron chi connectivity index (χ4n) is 4.00. The molecule has 34 heavy (non-hydrogen) atoms. The van der Waals surface area contributed by atoms with Crippen molar-refractivity contribution < 1.29 is 14.4 Å². The average Bonchev–Trinajstić information content (AvgIpc) is 3.36. The zero-order valence-corrected chi connectivity index (χ0v) is 19.9. The number of amides is 4. The topological polar surface area (TPSA) is 85.3 Å². The van der Waals surface area contributed by atoms with Crippen LogP contribution in [0.3, 0.4) is 0 Å². The van der Waals surface area contributed by atoms with Gasteiger partial charge in [-0.3, -0.25) is 9.59 Å². The Morgan fingerprint density at radius 3 is 2.29 bits per heavy atom. The quantitative estimate of drug-likeness (QED) is 0.705. The van der Waals surface area contributed by atoms with Gasteiger partial charge in [0.25, 0.3) is 0 Å². The van der Waals surface area contributed by atoms with Gasteiger partial charge in [-0.15, -0.1) is 0 Å². The maximum Gasteiger partial charge on any atom is 0.321 e. The fourth-order valence-corrected chi connectivity index (χ4v) is 4.18. The molecule has 0 spiro atoms. The Bertz CT molecular complexity index is 1100. The summed E-state index contributed by atoms with van der Waals surface area (Å²) in [6, 6.07) is 15.0. The van der Waals surface area contributed by atoms with Gasteiger partial charge in [-0.05, 0) is 30.2 Å². The molecule has 4 amide bonds. The Morgan fingerprint density at radius 1 is 0.912 bits per heavy atom. The fraction of sp³-hybridized carbons (Fsp3) is 0.360. The molecule has 0 bridgehead atoms. The molecule has 8 nitrogen and oxygen atoms in total. The molecule has 2 aliphatic rings. The van der Waals surface area contributed by atoms with Crippen LogP contribution in [0.25, 0.3) is 0 Å². The Morgan fingerprint density at radius 2 is 1.59 bits per heavy atom. The summed E-state index contributed by atoms with van der Waals surface area (Å²) in [4.78, 5) is 41.1. The lowest BCUT2D eigenvalue weighted by atomic mass is 10.1. The predicted octanol–water partition coefficient (Wildman–Crippen LogP) is 3.74. The number of halogens is 1. The number of anilines is 1. The van der Waals surface area contributed by atoms with Crippen molar-refractivity contribution >= 4 is 40.8 Å². The molecule has 1 fully saturated rings. The third-order valence-corrected chi connectivity index (χ3v) is 6.50. The Balaban J connectivity index is 1.21. The maximum absolute atomic E-state index is 12.6. The predicted molar refractivity (Wildman–Crippen MR) is 132 cm³/mol. The number of hydrazone groups is 1. The summed E-state index contributed by atoms with van der Waals surface area (Å²) >= 11 is 6.12. The van der Waals surface area contributed by atoms with Gasteiger partial charge in [-0.25, -0.2) is 9.80 Å². The van der Waals surface area contributed by atoms with Crippen LogP contribution >= 0.6 is 11.6 Å². The van der Waals surface area contributed by atoms with Crippen LogP contribution < -0.4 is 5.32 Å². The van der Waals surface area contributed by atoms with Gasteiger partial charge in [0.2, 0.25) is 11.8 Å². The molecule has 2 heterocycles. The van der Waals surface area contributed by atoms with Crippen LogP contribution in [0, 0.1) is 6.92 Å². The van der Waals surface area contributed by atoms with Gasteiger partial charge in [0.1, 0.15) is 0 Å². The summed E-state index contributed by atoms with van der Waals surface area (Å²) in [6.07, 6.45) is 0.974. The Labute approximate surface area is 204 Å². The lowest BCUT2D eigenvalue weighted by Crippen LogP contribution is -2.51. The Hall–Kier alpha value is -3.39. The van der Waals surface area contributed by atoms with Gasteiger partial charge in [0, 0.05) is 56.2 Å². The second kappa shape index (κ2) is 10.7. The number of carbonyl (C=O) groups is 3. The average molecular weight is 482 g/mol. The van der Waals surface area contributed by atoms with Crippen LogP contribution in [0.2, 0.25) is 5.02 Å². The molecule has 1 saturated heterocycles. The molecular weight excluding hydrogens is 454 g/mol. The highest BCUT2D eigenvalue weighted by atomic mass is 35.5. The smallest absolute Gasteiger partial charge is 0.321 e. The summed E-state index contributed by atoms with van der Waals surface area (Å²) < 4.78 is 0. The third kappa shape index (κ3) is 5.75. The molecule has 2 aliphatic heterocycles. The number of aryl methyl sites for hydroxylation is 1. The minimum atomic E-state index is -0.219. The van der Waals surface area contributed by atoms with E-state index in [0.717, 1.165) is 16.8 Å². The van der Waals surface area contributed by atoms with E-state index in [0.29, 0.717) is 49.9 Å². The number of urea groups is 1. The van der Waals surface area contributed by atoms with Gasteiger partial charge in [0.15, 0.2) is 0 Å². The molecule has 4 rings (SSSR count). The van der Waals surface area contributed by atoms with Crippen molar-refractivity contribution in [3.63, 3.8) is 0 Å². The van der Waals surface area contributed by atoms with Crippen molar-refractivity contribution in [1.82, 2.24) is 14.8 Å². The zero-order valence-electron chi connectivity index (χ0n) is 19.2. The van der Waals surface area contributed by atoms with Crippen LogP contribution in [0.4, 0.5) is 10.5 Å². The number of nitrogens with one attached hydrogen (secondary N) is 1. The molecule has 1 N–H and O–H groups in total. The van der Waals surface area contributed by atoms with Crippen LogP contribution in [-0.4, -0.2) is 71.1 Å². The van der Waals surface area contributed by atoms with Crippen LogP contribution in [0.15, 0.2) is 53.6 Å². The first-order valence-electron chi connectivity index (χ1n) is 11.4. The molecule has 2 aromatic rings. The molecular formula is C25H28ClN5O3. The van der Waals surface area contributed by atoms with Crippen LogP contribution in [0.1, 0.15) is 30.4 Å². The van der Waals surface area contributed by atoms with E-state index >= 15 is 0 Å². The monoisotopic (exact) mass is 481 g/mol. The van der Waals surface area contributed by atoms with Crippen molar-refractivity contribution in [3.8, 4) is 0 Å². The molecule has 0 aromatic heterocycles. The summed E-state index contributed by atoms with van der Waals surface area (Å²) in [6.45, 7) is 4.18. The summed E-state index contributed by atoms with van der Waals surface area (Å²) in [5.41, 5.74) is 3.49. The molecule has 2 aromatic carbocycles. The normalized spacial score (nSPS) is 15.8. The van der Waals surface area contributed by atoms with Crippen LogP contribution in [-0.2, 0) is 9.59 Å². The summed E-state index contributed by atoms with van der Waals surface area (Å²) in [5, 5.41) is 9.35. The third-order valence-electron chi connectivity index (χ3n) is 6.09. The van der Waals surface area contributed by atoms with E-state index in [4.69, 9.17) is 11.6 Å². The van der Waals surface area contributed by atoms with Crippen molar-refractivity contribution in [2.75, 3.05) is 38.0 Å². The molecule has 0 radical (unpaired) electrons. The van der Waals surface area contributed by atoms with Crippen molar-refractivity contribution in [2.45, 2.75) is 26.2 Å². The van der Waals surface area contributed by atoms with Gasteiger partial charge >= 0.3 is 6.03 Å². The number of hydrogen-bond donors (Lipinski definition) is 1. The standard InChI is InChI=1S/C25H28ClN5O3/c1-18-7-8-20(17-21(18)26)27-25(34)30-15-13-29(14-16-30)23(32)9-10-24(33)31-12-11-22(28-31)19-5-3-2-4-6-19/h2-8,17H,9-16H2,1H3,(H,27,34). The van der Waals surface area contributed by atoms with E-state index in [1.165, 1.54) is 5.01 Å². The SMILES string of the molecule is Cc1ccc(NC(=O)N2CCN(C(=O)CCC(=O)N3CCC(c4ccccc4)=N3)CC2)cc1Cl. The second-order valence-electron chi connectivity index (χ2n) is 8.44. The maximum atomic E-state index is 12.6. The van der Waals surface area contributed by atoms with Crippen LogP contribution in [0.5, 0.6) is 0 Å². The van der Waals surface area contributed by atoms with Crippen molar-refractivity contribution in [3.05, 3.63) is 64.7 Å². The minimum absolute atomic E-state index is 0.0785. The lowest BCUT2D eigenvalue weighted by molar-refractivity contribution is -0.137. The Kier molecular flexibility index (Phi) is 7.47. The van der Waals surface area contributed by atoms with E-state index < -0.39 is 0 Å². The molecule has 0 atom stereocenters. The summed E-state index contributed by atoms with van der Waals surface area (Å²) in [5.74, 6) is -0.223. The summed E-state index contributed by atoms with van der Waals surface area (Å²) in [7, 11) is 0. The van der Waals surface area contributed by atoms with E-state index in [2.05, 4.69) is 10.4 Å². The van der Waals surface area contributed by atoms with Crippen molar-refractivity contribution in [1.29, 1.82) is 0 Å². The minimum Gasteiger partial charge on any atom is -0.339 e. The lowest BCUT2D eigenvalue weighted by Gasteiger charge is -2.34. The van der Waals surface area contributed by atoms with Gasteiger partial charge in [-0.2, -0.15) is 5.10 Å². The molecule has 0 saturated carbocycles. The van der Waals surface area contributed by atoms with Gasteiger partial charge in [0.05, 0.1) is 12.3 Å². The highest BCUT2D eigenvalue weighted by Crippen LogP contribution is 2.20. The highest BCUT2D eigenvalue weighted by molar-refractivity contribution is 6.31. The first kappa shape index (κ1) is 23.8. The molecule has 0 aliphatic carbocycles. The largest absolute Gasteiger partial charge is 0.339 e. The molecule has 178 valence electrons. The van der Waals surface area contributed by atoms with E-state index in [-0.39, 0.29) is 30.7 Å². The van der Waals surface area contributed by atoms with E-state index in [1.807, 2.05) is 49.4 Å². The second-order valence-corrected chi connectivity index (χ2v) is 8.85. The number of nitrogens with zero attached hydrogens (tertiary/aromatic N) is 4. The number of piperazine rings is 1. The van der Waals surface area contributed by atoms with E-state index in [9.17, 15) is 14.4 Å². The van der Waals surface area contributed by atoms with Crippen molar-refractivity contribution in [2.24, 2.45) is 5.10 Å².